The molecule has 1 amide bonds. The number of aliphatic hydroxyl groups excluding tert-OH is 1. The smallest absolute Gasteiger partial charge is 0.225 e. The van der Waals surface area contributed by atoms with Gasteiger partial charge in [0.05, 0.1) is 6.10 Å². The number of aliphatic imine (C=N–C) groups is 1. The second-order valence-electron chi connectivity index (χ2n) is 9.09. The van der Waals surface area contributed by atoms with Gasteiger partial charge in [-0.3, -0.25) is 9.79 Å². The fourth-order valence-electron chi connectivity index (χ4n) is 4.95. The predicted molar refractivity (Wildman–Crippen MR) is 124 cm³/mol. The Kier molecular flexibility index (Phi) is 9.31. The Labute approximate surface area is 187 Å². The van der Waals surface area contributed by atoms with E-state index in [2.05, 4.69) is 22.5 Å². The standard InChI is InChI=1S/C21H38N4O2.HI/c1-21(12-7-6-10-18(21)26)15-23-20(22-2)24-17-11-13-25(14-17)19(27)16-8-4-3-5-9-16;/h16-18,26H,3-15H2,1-2H3,(H2,22,23,24);1H. The number of carbonyl (C=O) groups excluding carboxylic acids is 1. The Morgan fingerprint density at radius 3 is 2.54 bits per heavy atom. The first-order valence-electron chi connectivity index (χ1n) is 11.0. The molecular weight excluding hydrogens is 467 g/mol. The van der Waals surface area contributed by atoms with Crippen molar-refractivity contribution in [3.8, 4) is 0 Å². The average Bonchev–Trinajstić information content (AvgIpc) is 3.16. The highest BCUT2D eigenvalue weighted by molar-refractivity contribution is 14.0. The zero-order chi connectivity index (χ0) is 19.3. The van der Waals surface area contributed by atoms with E-state index in [0.29, 0.717) is 5.91 Å². The third kappa shape index (κ3) is 5.97. The van der Waals surface area contributed by atoms with Gasteiger partial charge >= 0.3 is 0 Å². The van der Waals surface area contributed by atoms with Gasteiger partial charge in [-0.1, -0.05) is 39.0 Å². The molecule has 1 saturated heterocycles. The Morgan fingerprint density at radius 2 is 1.86 bits per heavy atom. The average molecular weight is 506 g/mol. The molecule has 3 atom stereocenters. The zero-order valence-electron chi connectivity index (χ0n) is 17.6. The van der Waals surface area contributed by atoms with E-state index in [1.165, 1.54) is 25.7 Å². The fourth-order valence-corrected chi connectivity index (χ4v) is 4.95. The number of amides is 1. The lowest BCUT2D eigenvalue weighted by Crippen LogP contribution is -2.51. The number of nitrogens with zero attached hydrogens (tertiary/aromatic N) is 2. The molecule has 0 spiro atoms. The van der Waals surface area contributed by atoms with E-state index in [1.807, 2.05) is 4.90 Å². The minimum Gasteiger partial charge on any atom is -0.392 e. The molecule has 3 fully saturated rings. The Hall–Kier alpha value is -0.570. The lowest BCUT2D eigenvalue weighted by Gasteiger charge is -2.39. The Morgan fingerprint density at radius 1 is 1.14 bits per heavy atom. The van der Waals surface area contributed by atoms with Crippen LogP contribution in [-0.4, -0.2) is 60.7 Å². The molecule has 28 heavy (non-hydrogen) atoms. The summed E-state index contributed by atoms with van der Waals surface area (Å²) in [6.45, 7) is 4.51. The van der Waals surface area contributed by atoms with Crippen LogP contribution in [0.5, 0.6) is 0 Å². The maximum atomic E-state index is 12.7. The van der Waals surface area contributed by atoms with Gasteiger partial charge in [0.25, 0.3) is 0 Å². The van der Waals surface area contributed by atoms with E-state index < -0.39 is 0 Å². The van der Waals surface area contributed by atoms with Crippen molar-refractivity contribution < 1.29 is 9.90 Å². The van der Waals surface area contributed by atoms with Crippen LogP contribution in [0.3, 0.4) is 0 Å². The van der Waals surface area contributed by atoms with Gasteiger partial charge in [-0.15, -0.1) is 24.0 Å². The van der Waals surface area contributed by atoms with Crippen molar-refractivity contribution in [2.45, 2.75) is 83.3 Å². The molecule has 0 aromatic carbocycles. The molecule has 2 saturated carbocycles. The largest absolute Gasteiger partial charge is 0.392 e. The van der Waals surface area contributed by atoms with Crippen molar-refractivity contribution in [1.29, 1.82) is 0 Å². The quantitative estimate of drug-likeness (QED) is 0.312. The summed E-state index contributed by atoms with van der Waals surface area (Å²) in [6.07, 6.45) is 10.8. The summed E-state index contributed by atoms with van der Waals surface area (Å²) < 4.78 is 0. The van der Waals surface area contributed by atoms with Gasteiger partial charge in [0.2, 0.25) is 5.91 Å². The lowest BCUT2D eigenvalue weighted by molar-refractivity contribution is -0.135. The monoisotopic (exact) mass is 506 g/mol. The van der Waals surface area contributed by atoms with Crippen molar-refractivity contribution in [2.75, 3.05) is 26.7 Å². The van der Waals surface area contributed by atoms with Crippen molar-refractivity contribution in [3.63, 3.8) is 0 Å². The summed E-state index contributed by atoms with van der Waals surface area (Å²) in [5.74, 6) is 1.40. The second-order valence-corrected chi connectivity index (χ2v) is 9.09. The number of guanidine groups is 1. The molecule has 162 valence electrons. The van der Waals surface area contributed by atoms with Crippen molar-refractivity contribution in [1.82, 2.24) is 15.5 Å². The van der Waals surface area contributed by atoms with Crippen LogP contribution in [0.1, 0.15) is 71.1 Å². The molecule has 0 radical (unpaired) electrons. The maximum absolute atomic E-state index is 12.7. The van der Waals surface area contributed by atoms with Gasteiger partial charge in [-0.2, -0.15) is 0 Å². The molecule has 3 aliphatic rings. The molecule has 2 aliphatic carbocycles. The molecule has 0 aromatic rings. The topological polar surface area (TPSA) is 77.0 Å². The van der Waals surface area contributed by atoms with Gasteiger partial charge in [0.15, 0.2) is 5.96 Å². The van der Waals surface area contributed by atoms with Crippen LogP contribution < -0.4 is 10.6 Å². The zero-order valence-corrected chi connectivity index (χ0v) is 19.9. The summed E-state index contributed by atoms with van der Waals surface area (Å²) in [5.41, 5.74) is -0.0888. The highest BCUT2D eigenvalue weighted by atomic mass is 127. The number of halogens is 1. The molecule has 7 heteroatoms. The van der Waals surface area contributed by atoms with E-state index in [4.69, 9.17) is 0 Å². The second kappa shape index (κ2) is 11.0. The SMILES string of the molecule is CN=C(NCC1(C)CCCCC1O)NC1CCN(C(=O)C2CCCCC2)C1.I. The highest BCUT2D eigenvalue weighted by Gasteiger charge is 2.36. The van der Waals surface area contributed by atoms with Gasteiger partial charge < -0.3 is 20.6 Å². The van der Waals surface area contributed by atoms with E-state index >= 15 is 0 Å². The molecule has 1 heterocycles. The van der Waals surface area contributed by atoms with Crippen LogP contribution in [0.2, 0.25) is 0 Å². The van der Waals surface area contributed by atoms with E-state index in [9.17, 15) is 9.90 Å². The van der Waals surface area contributed by atoms with E-state index in [0.717, 1.165) is 64.1 Å². The van der Waals surface area contributed by atoms with Crippen LogP contribution >= 0.6 is 24.0 Å². The Bertz CT molecular complexity index is 538. The van der Waals surface area contributed by atoms with Crippen LogP contribution in [0.4, 0.5) is 0 Å². The highest BCUT2D eigenvalue weighted by Crippen LogP contribution is 2.35. The summed E-state index contributed by atoms with van der Waals surface area (Å²) in [5, 5.41) is 17.3. The first kappa shape index (κ1) is 23.7. The number of hydrogen-bond acceptors (Lipinski definition) is 3. The van der Waals surface area contributed by atoms with Crippen LogP contribution in [0.25, 0.3) is 0 Å². The first-order chi connectivity index (χ1) is 13.0. The Balaban J connectivity index is 0.00000280. The molecule has 0 bridgehead atoms. The van der Waals surface area contributed by atoms with E-state index in [1.54, 1.807) is 7.05 Å². The van der Waals surface area contributed by atoms with Gasteiger partial charge in [0, 0.05) is 44.1 Å². The van der Waals surface area contributed by atoms with Crippen LogP contribution in [0.15, 0.2) is 4.99 Å². The van der Waals surface area contributed by atoms with Crippen LogP contribution in [0, 0.1) is 11.3 Å². The fraction of sp³-hybridized carbons (Fsp3) is 0.905. The van der Waals surface area contributed by atoms with Crippen molar-refractivity contribution in [2.24, 2.45) is 16.3 Å². The van der Waals surface area contributed by atoms with Gasteiger partial charge in [-0.25, -0.2) is 0 Å². The third-order valence-electron chi connectivity index (χ3n) is 6.96. The molecule has 3 unspecified atom stereocenters. The third-order valence-corrected chi connectivity index (χ3v) is 6.96. The molecule has 1 aliphatic heterocycles. The van der Waals surface area contributed by atoms with Gasteiger partial charge in [-0.05, 0) is 32.1 Å². The number of likely N-dealkylation sites (tertiary alicyclic amines) is 1. The summed E-state index contributed by atoms with van der Waals surface area (Å²) in [6, 6.07) is 0.257. The molecule has 6 nitrogen and oxygen atoms in total. The van der Waals surface area contributed by atoms with Crippen LogP contribution in [-0.2, 0) is 4.79 Å². The van der Waals surface area contributed by atoms with E-state index in [-0.39, 0.29) is 47.5 Å². The molecule has 3 N–H and O–H groups in total. The predicted octanol–water partition coefficient (Wildman–Crippen LogP) is 2.89. The van der Waals surface area contributed by atoms with Crippen molar-refractivity contribution >= 4 is 35.8 Å². The summed E-state index contributed by atoms with van der Waals surface area (Å²) in [4.78, 5) is 19.1. The number of nitrogens with one attached hydrogen (secondary N) is 2. The first-order valence-corrected chi connectivity index (χ1v) is 11.0. The lowest BCUT2D eigenvalue weighted by atomic mass is 9.73. The number of aliphatic hydroxyl groups is 1. The maximum Gasteiger partial charge on any atom is 0.225 e. The minimum atomic E-state index is -0.244. The number of carbonyl (C=O) groups is 1. The molecule has 3 rings (SSSR count). The number of rotatable bonds is 4. The normalized spacial score (nSPS) is 32.0. The molecule has 0 aromatic heterocycles. The van der Waals surface area contributed by atoms with Crippen molar-refractivity contribution in [3.05, 3.63) is 0 Å². The summed E-state index contributed by atoms with van der Waals surface area (Å²) >= 11 is 0. The molecular formula is C21H39IN4O2. The number of hydrogen-bond donors (Lipinski definition) is 3. The van der Waals surface area contributed by atoms with Gasteiger partial charge in [0.1, 0.15) is 0 Å². The summed E-state index contributed by atoms with van der Waals surface area (Å²) in [7, 11) is 1.79. The minimum absolute atomic E-state index is 0.